The first-order valence-electron chi connectivity index (χ1n) is 4.66. The van der Waals surface area contributed by atoms with Crippen molar-refractivity contribution in [2.75, 3.05) is 0 Å². The Hall–Kier alpha value is -0.470. The van der Waals surface area contributed by atoms with E-state index in [0.29, 0.717) is 11.2 Å². The molecule has 1 aromatic rings. The number of benzene rings is 1. The van der Waals surface area contributed by atoms with Gasteiger partial charge in [-0.1, -0.05) is 52.4 Å². The minimum absolute atomic E-state index is 0.565. The van der Waals surface area contributed by atoms with Crippen LogP contribution in [0.5, 0.6) is 0 Å². The molecule has 3 rings (SSSR count). The Balaban J connectivity index is 2.11. The van der Waals surface area contributed by atoms with E-state index < -0.39 is 0 Å². The molecule has 14 heavy (non-hydrogen) atoms. The molecule has 2 aliphatic rings. The van der Waals surface area contributed by atoms with Gasteiger partial charge in [0.25, 0.3) is 0 Å². The summed E-state index contributed by atoms with van der Waals surface area (Å²) < 4.78 is 1.31. The fourth-order valence-corrected chi connectivity index (χ4v) is 4.09. The molecule has 1 heterocycles. The number of fused-ring (bicyclic) bond motifs is 3. The summed E-state index contributed by atoms with van der Waals surface area (Å²) in [7, 11) is 0. The molecule has 0 amide bonds. The number of hydrogen-bond donors (Lipinski definition) is 0. The molecule has 2 unspecified atom stereocenters. The van der Waals surface area contributed by atoms with Gasteiger partial charge in [0, 0.05) is 15.3 Å². The Kier molecular flexibility index (Phi) is 2.06. The van der Waals surface area contributed by atoms with Crippen molar-refractivity contribution in [1.29, 1.82) is 0 Å². The fourth-order valence-electron chi connectivity index (χ4n) is 2.03. The molecule has 0 saturated heterocycles. The van der Waals surface area contributed by atoms with E-state index in [1.54, 1.807) is 0 Å². The minimum atomic E-state index is 0.565. The molecular formula is C12H9BrS. The molecule has 0 N–H and O–H groups in total. The number of thioether (sulfide) groups is 1. The van der Waals surface area contributed by atoms with Gasteiger partial charge in [0.1, 0.15) is 0 Å². The Bertz CT molecular complexity index is 434. The molecule has 1 aliphatic heterocycles. The second-order valence-electron chi connectivity index (χ2n) is 3.54. The van der Waals surface area contributed by atoms with Gasteiger partial charge in [-0.2, -0.15) is 0 Å². The molecule has 1 aromatic carbocycles. The summed E-state index contributed by atoms with van der Waals surface area (Å²) in [6.45, 7) is 0. The van der Waals surface area contributed by atoms with Crippen LogP contribution >= 0.6 is 27.7 Å². The van der Waals surface area contributed by atoms with Crippen molar-refractivity contribution in [3.63, 3.8) is 0 Å². The lowest BCUT2D eigenvalue weighted by atomic mass is 9.93. The Morgan fingerprint density at radius 1 is 1.21 bits per heavy atom. The predicted molar refractivity (Wildman–Crippen MR) is 65.0 cm³/mol. The third-order valence-corrected chi connectivity index (χ3v) is 5.19. The van der Waals surface area contributed by atoms with Crippen molar-refractivity contribution in [1.82, 2.24) is 0 Å². The van der Waals surface area contributed by atoms with Gasteiger partial charge in [-0.15, -0.1) is 11.8 Å². The van der Waals surface area contributed by atoms with Crippen LogP contribution in [-0.2, 0) is 0 Å². The van der Waals surface area contributed by atoms with Crippen LogP contribution in [0.25, 0.3) is 0 Å². The normalized spacial score (nSPS) is 28.2. The van der Waals surface area contributed by atoms with Gasteiger partial charge in [0.05, 0.1) is 5.25 Å². The summed E-state index contributed by atoms with van der Waals surface area (Å²) in [5.41, 5.74) is 1.48. The summed E-state index contributed by atoms with van der Waals surface area (Å²) >= 11 is 5.61. The SMILES string of the molecule is BrC1=CC=CC2c3ccccc3SC12. The second-order valence-corrected chi connectivity index (χ2v) is 5.64. The van der Waals surface area contributed by atoms with E-state index >= 15 is 0 Å². The average Bonchev–Trinajstić information content (AvgIpc) is 2.59. The van der Waals surface area contributed by atoms with Gasteiger partial charge in [-0.25, -0.2) is 0 Å². The highest BCUT2D eigenvalue weighted by Gasteiger charge is 2.33. The smallest absolute Gasteiger partial charge is 0.0514 e. The fraction of sp³-hybridized carbons (Fsp3) is 0.167. The van der Waals surface area contributed by atoms with Crippen molar-refractivity contribution >= 4 is 27.7 Å². The number of halogens is 1. The lowest BCUT2D eigenvalue weighted by Crippen LogP contribution is -2.10. The quantitative estimate of drug-likeness (QED) is 0.680. The van der Waals surface area contributed by atoms with Crippen molar-refractivity contribution in [2.45, 2.75) is 16.1 Å². The molecular weight excluding hydrogens is 256 g/mol. The number of hydrogen-bond acceptors (Lipinski definition) is 1. The van der Waals surface area contributed by atoms with Crippen molar-refractivity contribution in [3.05, 3.63) is 52.5 Å². The standard InChI is InChI=1S/C12H9BrS/c13-10-6-3-5-9-8-4-1-2-7-11(8)14-12(9)10/h1-7,9,12H. The molecule has 0 aromatic heterocycles. The summed E-state index contributed by atoms with van der Waals surface area (Å²) in [4.78, 5) is 1.43. The monoisotopic (exact) mass is 264 g/mol. The average molecular weight is 265 g/mol. The molecule has 0 saturated carbocycles. The first-order chi connectivity index (χ1) is 6.86. The van der Waals surface area contributed by atoms with E-state index in [-0.39, 0.29) is 0 Å². The number of rotatable bonds is 0. The van der Waals surface area contributed by atoms with Gasteiger partial charge in [-0.05, 0) is 11.6 Å². The molecule has 1 aliphatic carbocycles. The zero-order chi connectivity index (χ0) is 9.54. The highest BCUT2D eigenvalue weighted by molar-refractivity contribution is 9.11. The molecule has 0 spiro atoms. The zero-order valence-electron chi connectivity index (χ0n) is 7.48. The third-order valence-electron chi connectivity index (χ3n) is 2.70. The van der Waals surface area contributed by atoms with E-state index in [0.717, 1.165) is 0 Å². The van der Waals surface area contributed by atoms with Crippen LogP contribution in [0.2, 0.25) is 0 Å². The maximum atomic E-state index is 3.64. The van der Waals surface area contributed by atoms with E-state index in [1.807, 2.05) is 11.8 Å². The zero-order valence-corrected chi connectivity index (χ0v) is 9.88. The van der Waals surface area contributed by atoms with Crippen LogP contribution in [0.3, 0.4) is 0 Å². The second kappa shape index (κ2) is 3.28. The van der Waals surface area contributed by atoms with Gasteiger partial charge >= 0.3 is 0 Å². The lowest BCUT2D eigenvalue weighted by molar-refractivity contribution is 0.875. The van der Waals surface area contributed by atoms with Crippen molar-refractivity contribution in [2.24, 2.45) is 0 Å². The van der Waals surface area contributed by atoms with Gasteiger partial charge in [0.2, 0.25) is 0 Å². The topological polar surface area (TPSA) is 0 Å². The molecule has 2 heteroatoms. The first kappa shape index (κ1) is 8.81. The van der Waals surface area contributed by atoms with Gasteiger partial charge in [-0.3, -0.25) is 0 Å². The third kappa shape index (κ3) is 1.21. The van der Waals surface area contributed by atoms with Crippen LogP contribution in [0.15, 0.2) is 51.9 Å². The maximum absolute atomic E-state index is 3.64. The van der Waals surface area contributed by atoms with E-state index in [4.69, 9.17) is 0 Å². The Morgan fingerprint density at radius 3 is 3.00 bits per heavy atom. The Morgan fingerprint density at radius 2 is 2.07 bits per heavy atom. The number of allylic oxidation sites excluding steroid dienone is 3. The maximum Gasteiger partial charge on any atom is 0.0514 e. The van der Waals surface area contributed by atoms with Gasteiger partial charge in [0.15, 0.2) is 0 Å². The van der Waals surface area contributed by atoms with Crippen molar-refractivity contribution in [3.8, 4) is 0 Å². The largest absolute Gasteiger partial charge is 0.116 e. The summed E-state index contributed by atoms with van der Waals surface area (Å²) in [5.74, 6) is 0.565. The molecule has 0 bridgehead atoms. The van der Waals surface area contributed by atoms with E-state index in [2.05, 4.69) is 58.4 Å². The molecule has 0 nitrogen and oxygen atoms in total. The highest BCUT2D eigenvalue weighted by atomic mass is 79.9. The molecule has 0 fully saturated rings. The van der Waals surface area contributed by atoms with Crippen LogP contribution in [0.4, 0.5) is 0 Å². The summed E-state index contributed by atoms with van der Waals surface area (Å²) in [6.07, 6.45) is 6.60. The van der Waals surface area contributed by atoms with E-state index in [9.17, 15) is 0 Å². The van der Waals surface area contributed by atoms with Gasteiger partial charge < -0.3 is 0 Å². The molecule has 70 valence electrons. The van der Waals surface area contributed by atoms with Crippen LogP contribution in [-0.4, -0.2) is 5.25 Å². The summed E-state index contributed by atoms with van der Waals surface area (Å²) in [6, 6.07) is 8.70. The highest BCUT2D eigenvalue weighted by Crippen LogP contribution is 2.51. The minimum Gasteiger partial charge on any atom is -0.116 e. The van der Waals surface area contributed by atoms with E-state index in [1.165, 1.54) is 14.9 Å². The first-order valence-corrected chi connectivity index (χ1v) is 6.33. The molecule has 2 atom stereocenters. The molecule has 0 radical (unpaired) electrons. The lowest BCUT2D eigenvalue weighted by Gasteiger charge is -2.18. The van der Waals surface area contributed by atoms with Crippen LogP contribution < -0.4 is 0 Å². The van der Waals surface area contributed by atoms with Crippen molar-refractivity contribution < 1.29 is 0 Å². The van der Waals surface area contributed by atoms with Crippen LogP contribution in [0, 0.1) is 0 Å². The Labute approximate surface area is 96.2 Å². The summed E-state index contributed by atoms with van der Waals surface area (Å²) in [5, 5.41) is 0.567. The van der Waals surface area contributed by atoms with Crippen LogP contribution in [0.1, 0.15) is 11.5 Å². The predicted octanol–water partition coefficient (Wildman–Crippen LogP) is 4.09.